The van der Waals surface area contributed by atoms with Crippen molar-refractivity contribution in [1.82, 2.24) is 0 Å². The van der Waals surface area contributed by atoms with Crippen LogP contribution in [0.1, 0.15) is 10.4 Å². The van der Waals surface area contributed by atoms with E-state index in [4.69, 9.17) is 11.6 Å². The predicted molar refractivity (Wildman–Crippen MR) is 53.9 cm³/mol. The van der Waals surface area contributed by atoms with Crippen LogP contribution in [0.5, 0.6) is 5.75 Å². The van der Waals surface area contributed by atoms with E-state index in [2.05, 4.69) is 0 Å². The van der Waals surface area contributed by atoms with Crippen molar-refractivity contribution in [2.75, 3.05) is 0 Å². The highest BCUT2D eigenvalue weighted by Gasteiger charge is 2.10. The van der Waals surface area contributed by atoms with Gasteiger partial charge in [-0.25, -0.2) is 0 Å². The molecule has 0 radical (unpaired) electrons. The summed E-state index contributed by atoms with van der Waals surface area (Å²) in [6.45, 7) is 0. The molecule has 1 aromatic heterocycles. The van der Waals surface area contributed by atoms with Crippen LogP contribution in [0, 0.1) is 0 Å². The summed E-state index contributed by atoms with van der Waals surface area (Å²) >= 11 is 7.24. The molecule has 2 nitrogen and oxygen atoms in total. The normalized spacial score (nSPS) is 10.5. The summed E-state index contributed by atoms with van der Waals surface area (Å²) in [4.78, 5) is 10.6. The number of benzene rings is 1. The number of aldehydes is 1. The van der Waals surface area contributed by atoms with Gasteiger partial charge in [0.25, 0.3) is 0 Å². The fourth-order valence-electron chi connectivity index (χ4n) is 1.21. The smallest absolute Gasteiger partial charge is 0.151 e. The summed E-state index contributed by atoms with van der Waals surface area (Å²) in [5.74, 6) is 0.0998. The lowest BCUT2D eigenvalue weighted by Gasteiger charge is -1.97. The van der Waals surface area contributed by atoms with E-state index in [1.807, 2.05) is 0 Å². The molecule has 0 aliphatic heterocycles. The molecule has 2 aromatic rings. The minimum atomic E-state index is 0.0998. The number of aromatic hydroxyl groups is 1. The molecule has 0 unspecified atom stereocenters. The number of rotatable bonds is 1. The van der Waals surface area contributed by atoms with Gasteiger partial charge in [0.1, 0.15) is 5.75 Å². The Morgan fingerprint density at radius 2 is 2.23 bits per heavy atom. The topological polar surface area (TPSA) is 37.3 Å². The van der Waals surface area contributed by atoms with Crippen molar-refractivity contribution >= 4 is 39.3 Å². The Labute approximate surface area is 83.4 Å². The van der Waals surface area contributed by atoms with E-state index in [0.29, 0.717) is 16.0 Å². The molecule has 0 saturated heterocycles. The number of phenolic OH excluding ortho intramolecular Hbond substituents is 1. The molecule has 0 amide bonds. The van der Waals surface area contributed by atoms with Crippen LogP contribution < -0.4 is 0 Å². The summed E-state index contributed by atoms with van der Waals surface area (Å²) < 4.78 is 0.753. The van der Waals surface area contributed by atoms with Gasteiger partial charge < -0.3 is 5.11 Å². The average molecular weight is 213 g/mol. The van der Waals surface area contributed by atoms with Gasteiger partial charge in [0, 0.05) is 16.3 Å². The molecule has 66 valence electrons. The van der Waals surface area contributed by atoms with E-state index in [1.165, 1.54) is 17.4 Å². The molecule has 1 aromatic carbocycles. The SMILES string of the molecule is O=Cc1csc2c(Cl)ccc(O)c12. The fourth-order valence-corrected chi connectivity index (χ4v) is 2.44. The van der Waals surface area contributed by atoms with Crippen LogP contribution in [0.3, 0.4) is 0 Å². The van der Waals surface area contributed by atoms with Gasteiger partial charge >= 0.3 is 0 Å². The maximum absolute atomic E-state index is 10.6. The molecular weight excluding hydrogens is 208 g/mol. The number of fused-ring (bicyclic) bond motifs is 1. The molecule has 0 saturated carbocycles. The molecule has 0 spiro atoms. The van der Waals surface area contributed by atoms with E-state index in [9.17, 15) is 9.90 Å². The fraction of sp³-hybridized carbons (Fsp3) is 0. The summed E-state index contributed by atoms with van der Waals surface area (Å²) in [5, 5.41) is 12.3. The highest BCUT2D eigenvalue weighted by atomic mass is 35.5. The van der Waals surface area contributed by atoms with Gasteiger partial charge in [0.2, 0.25) is 0 Å². The molecule has 2 rings (SSSR count). The second-order valence-electron chi connectivity index (χ2n) is 2.58. The summed E-state index contributed by atoms with van der Waals surface area (Å²) in [7, 11) is 0. The van der Waals surface area contributed by atoms with Crippen LogP contribution >= 0.6 is 22.9 Å². The third-order valence-electron chi connectivity index (χ3n) is 1.81. The first-order chi connectivity index (χ1) is 6.24. The van der Waals surface area contributed by atoms with E-state index in [-0.39, 0.29) is 5.75 Å². The van der Waals surface area contributed by atoms with Crippen molar-refractivity contribution in [2.24, 2.45) is 0 Å². The summed E-state index contributed by atoms with van der Waals surface area (Å²) in [6.07, 6.45) is 0.717. The Hall–Kier alpha value is -1.06. The average Bonchev–Trinajstić information content (AvgIpc) is 2.56. The van der Waals surface area contributed by atoms with Crippen molar-refractivity contribution in [3.8, 4) is 5.75 Å². The van der Waals surface area contributed by atoms with Gasteiger partial charge in [-0.15, -0.1) is 11.3 Å². The maximum Gasteiger partial charge on any atom is 0.151 e. The molecule has 1 N–H and O–H groups in total. The number of hydrogen-bond acceptors (Lipinski definition) is 3. The van der Waals surface area contributed by atoms with Gasteiger partial charge in [0.15, 0.2) is 6.29 Å². The van der Waals surface area contributed by atoms with Gasteiger partial charge in [-0.1, -0.05) is 11.6 Å². The minimum Gasteiger partial charge on any atom is -0.507 e. The third-order valence-corrected chi connectivity index (χ3v) is 3.27. The zero-order valence-corrected chi connectivity index (χ0v) is 8.02. The number of thiophene rings is 1. The minimum absolute atomic E-state index is 0.0998. The molecule has 0 aliphatic carbocycles. The van der Waals surface area contributed by atoms with Crippen LogP contribution in [0.4, 0.5) is 0 Å². The lowest BCUT2D eigenvalue weighted by molar-refractivity contribution is 0.112. The highest BCUT2D eigenvalue weighted by molar-refractivity contribution is 7.18. The van der Waals surface area contributed by atoms with Gasteiger partial charge in [0.05, 0.1) is 9.72 Å². The lowest BCUT2D eigenvalue weighted by Crippen LogP contribution is -1.76. The second kappa shape index (κ2) is 3.01. The Morgan fingerprint density at radius 1 is 1.46 bits per heavy atom. The Balaban J connectivity index is 2.95. The Kier molecular flexibility index (Phi) is 1.98. The monoisotopic (exact) mass is 212 g/mol. The third kappa shape index (κ3) is 1.20. The van der Waals surface area contributed by atoms with E-state index >= 15 is 0 Å². The van der Waals surface area contributed by atoms with E-state index < -0.39 is 0 Å². The number of carbonyl (C=O) groups is 1. The number of halogens is 1. The molecule has 13 heavy (non-hydrogen) atoms. The van der Waals surface area contributed by atoms with Crippen molar-refractivity contribution in [3.05, 3.63) is 28.1 Å². The summed E-state index contributed by atoms with van der Waals surface area (Å²) in [6, 6.07) is 3.11. The zero-order chi connectivity index (χ0) is 9.42. The Morgan fingerprint density at radius 3 is 2.92 bits per heavy atom. The van der Waals surface area contributed by atoms with Crippen LogP contribution in [-0.4, -0.2) is 11.4 Å². The van der Waals surface area contributed by atoms with Crippen molar-refractivity contribution in [3.63, 3.8) is 0 Å². The first-order valence-corrected chi connectivity index (χ1v) is 4.83. The van der Waals surface area contributed by atoms with Crippen molar-refractivity contribution in [2.45, 2.75) is 0 Å². The van der Waals surface area contributed by atoms with Crippen LogP contribution in [0.2, 0.25) is 5.02 Å². The molecule has 0 fully saturated rings. The molecular formula is C9H5ClO2S. The summed E-state index contributed by atoms with van der Waals surface area (Å²) in [5.41, 5.74) is 0.486. The zero-order valence-electron chi connectivity index (χ0n) is 6.45. The van der Waals surface area contributed by atoms with Crippen LogP contribution in [-0.2, 0) is 0 Å². The van der Waals surface area contributed by atoms with Gasteiger partial charge in [-0.2, -0.15) is 0 Å². The lowest BCUT2D eigenvalue weighted by atomic mass is 10.2. The molecule has 1 heterocycles. The quantitative estimate of drug-likeness (QED) is 0.738. The largest absolute Gasteiger partial charge is 0.507 e. The van der Waals surface area contributed by atoms with Crippen molar-refractivity contribution < 1.29 is 9.90 Å². The van der Waals surface area contributed by atoms with Crippen LogP contribution in [0.15, 0.2) is 17.5 Å². The first-order valence-electron chi connectivity index (χ1n) is 3.58. The predicted octanol–water partition coefficient (Wildman–Crippen LogP) is 3.07. The van der Waals surface area contributed by atoms with Gasteiger partial charge in [-0.3, -0.25) is 4.79 Å². The van der Waals surface area contributed by atoms with E-state index in [0.717, 1.165) is 11.0 Å². The van der Waals surface area contributed by atoms with Crippen molar-refractivity contribution in [1.29, 1.82) is 0 Å². The number of hydrogen-bond donors (Lipinski definition) is 1. The second-order valence-corrected chi connectivity index (χ2v) is 3.87. The number of phenols is 1. The number of carbonyl (C=O) groups excluding carboxylic acids is 1. The first kappa shape index (κ1) is 8.53. The molecule has 0 atom stereocenters. The molecule has 0 aliphatic rings. The Bertz CT molecular complexity index is 476. The van der Waals surface area contributed by atoms with Crippen LogP contribution in [0.25, 0.3) is 10.1 Å². The molecule has 0 bridgehead atoms. The van der Waals surface area contributed by atoms with Gasteiger partial charge in [-0.05, 0) is 12.1 Å². The molecule has 4 heteroatoms. The highest BCUT2D eigenvalue weighted by Crippen LogP contribution is 2.36. The standard InChI is InChI=1S/C9H5ClO2S/c10-6-1-2-7(12)8-5(3-11)4-13-9(6)8/h1-4,12H. The maximum atomic E-state index is 10.6. The van der Waals surface area contributed by atoms with E-state index in [1.54, 1.807) is 11.4 Å².